The Balaban J connectivity index is 1.24. The Labute approximate surface area is 184 Å². The summed E-state index contributed by atoms with van der Waals surface area (Å²) in [5.74, 6) is 1.31. The topological polar surface area (TPSA) is 92.8 Å². The lowest BCUT2D eigenvalue weighted by Crippen LogP contribution is -2.51. The Hall–Kier alpha value is -2.20. The van der Waals surface area contributed by atoms with Crippen LogP contribution in [0.15, 0.2) is 48.7 Å². The van der Waals surface area contributed by atoms with Gasteiger partial charge in [0.2, 0.25) is 15.9 Å². The summed E-state index contributed by atoms with van der Waals surface area (Å²) in [7, 11) is -3.31. The molecule has 9 heteroatoms. The van der Waals surface area contributed by atoms with Gasteiger partial charge in [-0.25, -0.2) is 17.7 Å². The van der Waals surface area contributed by atoms with E-state index in [4.69, 9.17) is 9.47 Å². The van der Waals surface area contributed by atoms with Crippen LogP contribution >= 0.6 is 0 Å². The third-order valence-corrected chi connectivity index (χ3v) is 7.85. The van der Waals surface area contributed by atoms with E-state index in [2.05, 4.69) is 15.6 Å². The summed E-state index contributed by atoms with van der Waals surface area (Å²) in [5.41, 5.74) is 0.680. The van der Waals surface area contributed by atoms with Gasteiger partial charge < -0.3 is 14.8 Å². The predicted molar refractivity (Wildman–Crippen MR) is 118 cm³/mol. The molecule has 0 saturated carbocycles. The van der Waals surface area contributed by atoms with E-state index in [1.807, 2.05) is 43.3 Å². The summed E-state index contributed by atoms with van der Waals surface area (Å²) in [5, 5.41) is 6.40. The molecule has 2 aliphatic heterocycles. The third-order valence-electron chi connectivity index (χ3n) is 5.70. The largest absolute Gasteiger partial charge is 0.487 e. The summed E-state index contributed by atoms with van der Waals surface area (Å²) in [4.78, 5) is 4.34. The van der Waals surface area contributed by atoms with Crippen molar-refractivity contribution in [3.8, 4) is 11.6 Å². The fourth-order valence-electron chi connectivity index (χ4n) is 3.93. The summed E-state index contributed by atoms with van der Waals surface area (Å²) < 4.78 is 38.9. The monoisotopic (exact) mass is 446 g/mol. The van der Waals surface area contributed by atoms with Gasteiger partial charge in [-0.15, -0.1) is 0 Å². The highest BCUT2D eigenvalue weighted by Gasteiger charge is 2.37. The molecule has 2 N–H and O–H groups in total. The number of nitrogens with one attached hydrogen (secondary N) is 2. The summed E-state index contributed by atoms with van der Waals surface area (Å²) in [6.45, 7) is 4.66. The van der Waals surface area contributed by atoms with Gasteiger partial charge in [0.1, 0.15) is 18.5 Å². The Morgan fingerprint density at radius 3 is 2.58 bits per heavy atom. The number of sulfonamides is 1. The van der Waals surface area contributed by atoms with Crippen molar-refractivity contribution in [2.45, 2.75) is 38.0 Å². The Morgan fingerprint density at radius 1 is 1.16 bits per heavy atom. The molecular formula is C22H30N4O4S. The maximum absolute atomic E-state index is 12.8. The summed E-state index contributed by atoms with van der Waals surface area (Å²) in [6.07, 6.45) is 2.91. The maximum Gasteiger partial charge on any atom is 0.215 e. The molecule has 1 aromatic carbocycles. The van der Waals surface area contributed by atoms with E-state index in [-0.39, 0.29) is 11.9 Å². The van der Waals surface area contributed by atoms with E-state index in [9.17, 15) is 8.42 Å². The van der Waals surface area contributed by atoms with Crippen molar-refractivity contribution in [2.75, 3.05) is 32.1 Å². The molecule has 168 valence electrons. The van der Waals surface area contributed by atoms with Crippen LogP contribution in [0.1, 0.15) is 25.3 Å². The fraction of sp³-hybridized carbons (Fsp3) is 0.500. The Bertz CT molecular complexity index is 939. The van der Waals surface area contributed by atoms with E-state index >= 15 is 0 Å². The van der Waals surface area contributed by atoms with E-state index in [0.717, 1.165) is 5.56 Å². The molecule has 2 aromatic rings. The normalized spacial score (nSPS) is 23.0. The second-order valence-electron chi connectivity index (χ2n) is 8.42. The van der Waals surface area contributed by atoms with E-state index in [1.54, 1.807) is 16.6 Å². The average Bonchev–Trinajstić information content (AvgIpc) is 3.19. The first-order valence-electron chi connectivity index (χ1n) is 10.6. The van der Waals surface area contributed by atoms with Crippen molar-refractivity contribution in [3.63, 3.8) is 0 Å². The molecule has 0 aliphatic carbocycles. The third kappa shape index (κ3) is 5.94. The zero-order valence-electron chi connectivity index (χ0n) is 17.8. The van der Waals surface area contributed by atoms with Crippen LogP contribution in [-0.2, 0) is 16.6 Å². The number of nitrogens with zero attached hydrogens (tertiary/aromatic N) is 2. The lowest BCUT2D eigenvalue weighted by Gasteiger charge is -2.33. The number of aromatic nitrogens is 1. The maximum atomic E-state index is 12.8. The van der Waals surface area contributed by atoms with E-state index in [1.165, 1.54) is 0 Å². The standard InChI is InChI=1S/C22H30N4O4S/c1-22(15-23-17-25-22)16-31(27,28)26-11-9-19(10-12-26)30-21-8-7-20(13-24-21)29-14-18-5-3-2-4-6-18/h2-8,13,19,23,25H,9-12,14-17H2,1H3/t22-/m0/s1. The lowest BCUT2D eigenvalue weighted by molar-refractivity contribution is 0.129. The van der Waals surface area contributed by atoms with Gasteiger partial charge in [0, 0.05) is 37.9 Å². The van der Waals surface area contributed by atoms with Crippen LogP contribution in [0.3, 0.4) is 0 Å². The van der Waals surface area contributed by atoms with Gasteiger partial charge in [0.15, 0.2) is 0 Å². The molecule has 2 saturated heterocycles. The second kappa shape index (κ2) is 9.52. The fourth-order valence-corrected chi connectivity index (χ4v) is 5.89. The minimum Gasteiger partial charge on any atom is -0.487 e. The minimum atomic E-state index is -3.31. The smallest absolute Gasteiger partial charge is 0.215 e. The van der Waals surface area contributed by atoms with Crippen LogP contribution in [0.25, 0.3) is 0 Å². The SMILES string of the molecule is C[C@@]1(CS(=O)(=O)N2CCC(Oc3ccc(OCc4ccccc4)cn3)CC2)CNCN1. The molecule has 2 fully saturated rings. The zero-order valence-corrected chi connectivity index (χ0v) is 18.6. The van der Waals surface area contributed by atoms with Crippen LogP contribution in [-0.4, -0.2) is 61.4 Å². The van der Waals surface area contributed by atoms with Gasteiger partial charge >= 0.3 is 0 Å². The first-order chi connectivity index (χ1) is 14.9. The van der Waals surface area contributed by atoms with Crippen LogP contribution in [0.2, 0.25) is 0 Å². The minimum absolute atomic E-state index is 0.0445. The van der Waals surface area contributed by atoms with Crippen molar-refractivity contribution < 1.29 is 17.9 Å². The average molecular weight is 447 g/mol. The van der Waals surface area contributed by atoms with Gasteiger partial charge in [-0.2, -0.15) is 0 Å². The first-order valence-corrected chi connectivity index (χ1v) is 12.3. The van der Waals surface area contributed by atoms with Crippen molar-refractivity contribution >= 4 is 10.0 Å². The molecule has 2 aliphatic rings. The highest BCUT2D eigenvalue weighted by Crippen LogP contribution is 2.23. The molecule has 0 amide bonds. The number of hydrogen-bond donors (Lipinski definition) is 2. The second-order valence-corrected chi connectivity index (χ2v) is 10.4. The quantitative estimate of drug-likeness (QED) is 0.638. The molecule has 31 heavy (non-hydrogen) atoms. The Morgan fingerprint density at radius 2 is 1.94 bits per heavy atom. The highest BCUT2D eigenvalue weighted by molar-refractivity contribution is 7.89. The van der Waals surface area contributed by atoms with Gasteiger partial charge in [-0.05, 0) is 31.4 Å². The van der Waals surface area contributed by atoms with Crippen LogP contribution in [0, 0.1) is 0 Å². The van der Waals surface area contributed by atoms with E-state index < -0.39 is 15.6 Å². The number of ether oxygens (including phenoxy) is 2. The molecule has 4 rings (SSSR count). The molecule has 0 spiro atoms. The molecule has 0 radical (unpaired) electrons. The van der Waals surface area contributed by atoms with Crippen molar-refractivity contribution in [1.29, 1.82) is 0 Å². The number of pyridine rings is 1. The molecule has 0 bridgehead atoms. The van der Waals surface area contributed by atoms with Crippen LogP contribution in [0.5, 0.6) is 11.6 Å². The summed E-state index contributed by atoms with van der Waals surface area (Å²) in [6, 6.07) is 13.6. The molecule has 3 heterocycles. The molecule has 1 aromatic heterocycles. The molecule has 1 atom stereocenters. The number of benzene rings is 1. The zero-order chi connectivity index (χ0) is 21.7. The molecule has 0 unspecified atom stereocenters. The number of piperidine rings is 1. The van der Waals surface area contributed by atoms with Gasteiger partial charge in [0.05, 0.1) is 11.9 Å². The molecule has 8 nitrogen and oxygen atoms in total. The highest BCUT2D eigenvalue weighted by atomic mass is 32.2. The van der Waals surface area contributed by atoms with Gasteiger partial charge in [-0.1, -0.05) is 30.3 Å². The first kappa shape index (κ1) is 22.0. The Kier molecular flexibility index (Phi) is 6.76. The summed E-state index contributed by atoms with van der Waals surface area (Å²) >= 11 is 0. The predicted octanol–water partition coefficient (Wildman–Crippen LogP) is 1.74. The van der Waals surface area contributed by atoms with Crippen molar-refractivity contribution in [3.05, 3.63) is 54.2 Å². The van der Waals surface area contributed by atoms with Crippen molar-refractivity contribution in [2.24, 2.45) is 0 Å². The van der Waals surface area contributed by atoms with Gasteiger partial charge in [-0.3, -0.25) is 5.32 Å². The van der Waals surface area contributed by atoms with Gasteiger partial charge in [0.25, 0.3) is 0 Å². The van der Waals surface area contributed by atoms with Crippen molar-refractivity contribution in [1.82, 2.24) is 19.9 Å². The number of hydrogen-bond acceptors (Lipinski definition) is 7. The van der Waals surface area contributed by atoms with Crippen LogP contribution in [0.4, 0.5) is 0 Å². The number of rotatable bonds is 8. The van der Waals surface area contributed by atoms with Crippen LogP contribution < -0.4 is 20.1 Å². The van der Waals surface area contributed by atoms with E-state index in [0.29, 0.717) is 57.4 Å². The lowest BCUT2D eigenvalue weighted by atomic mass is 10.1. The molecular weight excluding hydrogens is 416 g/mol.